The molecule has 1 aliphatic heterocycles. The molecule has 1 saturated heterocycles. The number of rotatable bonds is 21. The molecular formula is C47H53ClN8O8S2. The summed E-state index contributed by atoms with van der Waals surface area (Å²) in [6.07, 6.45) is 0.607. The maximum atomic E-state index is 13.7. The fraction of sp³-hybridized carbons (Fsp3) is 0.298. The summed E-state index contributed by atoms with van der Waals surface area (Å²) in [5, 5.41) is 28.0. The van der Waals surface area contributed by atoms with E-state index in [0.29, 0.717) is 62.2 Å². The van der Waals surface area contributed by atoms with Crippen molar-refractivity contribution in [1.29, 1.82) is 0 Å². The standard InChI is InChI=1S/C47H53ClN8O8S2/c1-53(2)24-23-37(32-65-38-10-4-3-5-11-38)49-41-21-20-39(30-44(41)56(61)62)66(63,64)52-47(59)34-17-22-43(42(29-34)50-45(57)13-8-14-46(58)51-60)55-27-25-54(26-28-55)31-35-9-6-7-12-40(35)33-15-18-36(48)19-16-33/h3-7,9-12,15-22,29-30,37,49,60H,8,13-14,23-28,31-32H2,1-2H3,(H,50,57)(H,51,58)(H,52,59)/t37-/m1/s1. The van der Waals surface area contributed by atoms with Gasteiger partial charge in [0, 0.05) is 78.9 Å². The number of amides is 3. The van der Waals surface area contributed by atoms with Crippen molar-refractivity contribution in [2.75, 3.05) is 68.1 Å². The molecule has 348 valence electrons. The number of nitrogens with zero attached hydrogens (tertiary/aromatic N) is 4. The summed E-state index contributed by atoms with van der Waals surface area (Å²) in [5.74, 6) is -1.54. The average molecular weight is 958 g/mol. The van der Waals surface area contributed by atoms with Crippen molar-refractivity contribution in [3.8, 4) is 11.1 Å². The zero-order chi connectivity index (χ0) is 47.2. The van der Waals surface area contributed by atoms with E-state index in [9.17, 15) is 32.9 Å². The van der Waals surface area contributed by atoms with E-state index in [0.717, 1.165) is 27.7 Å². The number of sulfonamides is 1. The lowest BCUT2D eigenvalue weighted by Crippen LogP contribution is -2.46. The molecule has 0 unspecified atom stereocenters. The smallest absolute Gasteiger partial charge is 0.293 e. The first-order valence-electron chi connectivity index (χ1n) is 21.3. The van der Waals surface area contributed by atoms with Crippen LogP contribution in [-0.2, 0) is 26.2 Å². The van der Waals surface area contributed by atoms with Crippen LogP contribution in [0.25, 0.3) is 11.1 Å². The van der Waals surface area contributed by atoms with Crippen LogP contribution in [0.2, 0.25) is 5.02 Å². The van der Waals surface area contributed by atoms with Gasteiger partial charge in [-0.1, -0.05) is 66.2 Å². The highest BCUT2D eigenvalue weighted by Gasteiger charge is 2.27. The molecule has 0 radical (unpaired) electrons. The number of nitro benzene ring substituents is 1. The normalized spacial score (nSPS) is 13.5. The van der Waals surface area contributed by atoms with Gasteiger partial charge in [0.2, 0.25) is 11.8 Å². The van der Waals surface area contributed by atoms with Gasteiger partial charge in [0.25, 0.3) is 21.6 Å². The first-order valence-corrected chi connectivity index (χ1v) is 24.2. The van der Waals surface area contributed by atoms with Crippen LogP contribution in [0.5, 0.6) is 0 Å². The third kappa shape index (κ3) is 14.0. The van der Waals surface area contributed by atoms with Crippen LogP contribution >= 0.6 is 23.4 Å². The minimum Gasteiger partial charge on any atom is -0.376 e. The molecule has 0 aromatic heterocycles. The molecule has 0 bridgehead atoms. The molecule has 16 nitrogen and oxygen atoms in total. The number of thioether (sulfide) groups is 1. The summed E-state index contributed by atoms with van der Waals surface area (Å²) in [6, 6.07) is 33.4. The number of hydroxylamine groups is 1. The predicted octanol–water partition coefficient (Wildman–Crippen LogP) is 7.49. The number of halogens is 1. The van der Waals surface area contributed by atoms with E-state index in [4.69, 9.17) is 16.8 Å². The largest absolute Gasteiger partial charge is 0.376 e. The van der Waals surface area contributed by atoms with Crippen LogP contribution in [0.4, 0.5) is 22.7 Å². The number of nitrogens with one attached hydrogen (secondary N) is 4. The molecule has 3 amide bonds. The number of piperazine rings is 1. The van der Waals surface area contributed by atoms with Gasteiger partial charge in [-0.3, -0.25) is 34.6 Å². The van der Waals surface area contributed by atoms with E-state index in [-0.39, 0.29) is 42.2 Å². The summed E-state index contributed by atoms with van der Waals surface area (Å²) in [7, 11) is -0.766. The Kier molecular flexibility index (Phi) is 17.5. The maximum Gasteiger partial charge on any atom is 0.293 e. The molecule has 5 aromatic rings. The molecule has 6 rings (SSSR count). The maximum absolute atomic E-state index is 13.7. The van der Waals surface area contributed by atoms with E-state index < -0.39 is 43.3 Å². The quantitative estimate of drug-likeness (QED) is 0.0209. The van der Waals surface area contributed by atoms with Crippen LogP contribution in [0.3, 0.4) is 0 Å². The van der Waals surface area contributed by atoms with E-state index in [1.54, 1.807) is 23.3 Å². The molecule has 66 heavy (non-hydrogen) atoms. The highest BCUT2D eigenvalue weighted by Crippen LogP contribution is 2.33. The van der Waals surface area contributed by atoms with Crippen LogP contribution in [-0.4, -0.2) is 105 Å². The van der Waals surface area contributed by atoms with E-state index in [1.165, 1.54) is 24.3 Å². The number of hydrogen-bond donors (Lipinski definition) is 5. The van der Waals surface area contributed by atoms with Gasteiger partial charge in [0.15, 0.2) is 0 Å². The van der Waals surface area contributed by atoms with Gasteiger partial charge in [-0.25, -0.2) is 18.6 Å². The number of anilines is 3. The monoisotopic (exact) mass is 956 g/mol. The lowest BCUT2D eigenvalue weighted by Gasteiger charge is -2.37. The zero-order valence-corrected chi connectivity index (χ0v) is 39.0. The Hall–Kier alpha value is -6.02. The Bertz CT molecular complexity index is 2600. The van der Waals surface area contributed by atoms with Crippen molar-refractivity contribution >= 4 is 73.9 Å². The molecule has 5 N–H and O–H groups in total. The van der Waals surface area contributed by atoms with Crippen molar-refractivity contribution in [2.24, 2.45) is 0 Å². The number of carbonyl (C=O) groups is 3. The summed E-state index contributed by atoms with van der Waals surface area (Å²) in [4.78, 5) is 57.1. The Morgan fingerprint density at radius 2 is 1.56 bits per heavy atom. The molecule has 0 spiro atoms. The molecule has 19 heteroatoms. The van der Waals surface area contributed by atoms with Gasteiger partial charge in [-0.15, -0.1) is 11.8 Å². The summed E-state index contributed by atoms with van der Waals surface area (Å²) in [5.41, 5.74) is 5.28. The number of hydrogen-bond acceptors (Lipinski definition) is 13. The molecular weight excluding hydrogens is 904 g/mol. The van der Waals surface area contributed by atoms with Crippen molar-refractivity contribution in [3.63, 3.8) is 0 Å². The SMILES string of the molecule is CN(C)CC[C@H](CSc1ccccc1)Nc1ccc(S(=O)(=O)NC(=O)c2ccc(N3CCN(Cc4ccccc4-c4ccc(Cl)cc4)CC3)c(NC(=O)CCCC(=O)NO)c2)cc1[N+](=O)[O-]. The second-order valence-electron chi connectivity index (χ2n) is 16.0. The number of benzene rings is 5. The van der Waals surface area contributed by atoms with Crippen LogP contribution in [0.15, 0.2) is 125 Å². The summed E-state index contributed by atoms with van der Waals surface area (Å²) < 4.78 is 29.4. The van der Waals surface area contributed by atoms with Crippen molar-refractivity contribution in [2.45, 2.75) is 48.1 Å². The first-order chi connectivity index (χ1) is 31.7. The van der Waals surface area contributed by atoms with Gasteiger partial charge >= 0.3 is 0 Å². The average Bonchev–Trinajstić information content (AvgIpc) is 3.30. The van der Waals surface area contributed by atoms with Gasteiger partial charge in [0.1, 0.15) is 5.69 Å². The summed E-state index contributed by atoms with van der Waals surface area (Å²) in [6.45, 7) is 3.86. The van der Waals surface area contributed by atoms with Crippen LogP contribution in [0, 0.1) is 10.1 Å². The Balaban J connectivity index is 1.17. The fourth-order valence-electron chi connectivity index (χ4n) is 7.42. The van der Waals surface area contributed by atoms with E-state index in [1.807, 2.05) is 90.4 Å². The van der Waals surface area contributed by atoms with Gasteiger partial charge in [-0.05, 0) is 105 Å². The number of carbonyl (C=O) groups excluding carboxylic acids is 3. The van der Waals surface area contributed by atoms with Crippen molar-refractivity contribution in [3.05, 3.63) is 142 Å². The fourth-order valence-corrected chi connectivity index (χ4v) is 9.54. The zero-order valence-electron chi connectivity index (χ0n) is 36.6. The van der Waals surface area contributed by atoms with Crippen LogP contribution < -0.4 is 25.7 Å². The third-order valence-electron chi connectivity index (χ3n) is 10.9. The third-order valence-corrected chi connectivity index (χ3v) is 13.7. The topological polar surface area (TPSA) is 207 Å². The van der Waals surface area contributed by atoms with E-state index >= 15 is 0 Å². The molecule has 1 fully saturated rings. The number of nitro groups is 1. The minimum absolute atomic E-state index is 0.0790. The van der Waals surface area contributed by atoms with Gasteiger partial charge < -0.3 is 20.4 Å². The molecule has 1 aliphatic rings. The minimum atomic E-state index is -4.63. The molecule has 0 aliphatic carbocycles. The van der Waals surface area contributed by atoms with E-state index in [2.05, 4.69) is 32.6 Å². The lowest BCUT2D eigenvalue weighted by atomic mass is 9.99. The van der Waals surface area contributed by atoms with Gasteiger partial charge in [0.05, 0.1) is 21.2 Å². The predicted molar refractivity (Wildman–Crippen MR) is 259 cm³/mol. The summed E-state index contributed by atoms with van der Waals surface area (Å²) >= 11 is 7.74. The Labute approximate surface area is 393 Å². The highest BCUT2D eigenvalue weighted by molar-refractivity contribution is 7.99. The van der Waals surface area contributed by atoms with Crippen molar-refractivity contribution < 1.29 is 32.9 Å². The molecule has 0 saturated carbocycles. The first kappa shape index (κ1) is 49.4. The lowest BCUT2D eigenvalue weighted by molar-refractivity contribution is -0.384. The molecule has 1 atom stereocenters. The second kappa shape index (κ2) is 23.4. The second-order valence-corrected chi connectivity index (χ2v) is 19.2. The Morgan fingerprint density at radius 3 is 2.26 bits per heavy atom. The molecule has 1 heterocycles. The Morgan fingerprint density at radius 1 is 0.864 bits per heavy atom. The van der Waals surface area contributed by atoms with Crippen molar-refractivity contribution in [1.82, 2.24) is 20.0 Å². The van der Waals surface area contributed by atoms with Gasteiger partial charge in [-0.2, -0.15) is 0 Å². The van der Waals surface area contributed by atoms with Crippen LogP contribution in [0.1, 0.15) is 41.6 Å². The highest BCUT2D eigenvalue weighted by atomic mass is 35.5. The molecule has 5 aromatic carbocycles.